The number of sulfonamides is 1. The van der Waals surface area contributed by atoms with Gasteiger partial charge in [0.2, 0.25) is 0 Å². The number of anilines is 1. The summed E-state index contributed by atoms with van der Waals surface area (Å²) in [6.45, 7) is 5.02. The van der Waals surface area contributed by atoms with Gasteiger partial charge in [0.05, 0.1) is 23.3 Å². The van der Waals surface area contributed by atoms with Crippen molar-refractivity contribution in [2.24, 2.45) is 0 Å². The second-order valence-electron chi connectivity index (χ2n) is 4.81. The molecule has 2 aromatic rings. The van der Waals surface area contributed by atoms with Crippen LogP contribution in [0.25, 0.3) is 0 Å². The van der Waals surface area contributed by atoms with E-state index < -0.39 is 10.0 Å². The third-order valence-corrected chi connectivity index (χ3v) is 4.40. The lowest BCUT2D eigenvalue weighted by molar-refractivity contribution is 0.561. The van der Waals surface area contributed by atoms with Gasteiger partial charge in [-0.05, 0) is 33.9 Å². The molecular formula is C12H20N6O2S. The Balaban J connectivity index is 2.13. The Bertz CT molecular complexity index is 684. The number of nitrogens with zero attached hydrogens (tertiary/aromatic N) is 3. The minimum absolute atomic E-state index is 0.145. The normalized spacial score (nSPS) is 11.8. The van der Waals surface area contributed by atoms with Gasteiger partial charge in [0, 0.05) is 12.7 Å². The fraction of sp³-hybridized carbons (Fsp3) is 0.500. The SMILES string of the molecule is CNCCCn1cc(S(=O)(=O)Nc2c(C)n[nH]c2C)cn1. The van der Waals surface area contributed by atoms with Crippen molar-refractivity contribution in [3.63, 3.8) is 0 Å². The molecule has 0 radical (unpaired) electrons. The highest BCUT2D eigenvalue weighted by Crippen LogP contribution is 2.20. The second-order valence-corrected chi connectivity index (χ2v) is 6.49. The fourth-order valence-electron chi connectivity index (χ4n) is 1.92. The number of nitrogens with one attached hydrogen (secondary N) is 3. The average Bonchev–Trinajstić information content (AvgIpc) is 3.02. The molecule has 116 valence electrons. The molecule has 0 bridgehead atoms. The Kier molecular flexibility index (Phi) is 4.63. The summed E-state index contributed by atoms with van der Waals surface area (Å²) < 4.78 is 28.8. The Morgan fingerprint density at radius 1 is 1.38 bits per heavy atom. The highest BCUT2D eigenvalue weighted by atomic mass is 32.2. The molecule has 0 aliphatic carbocycles. The van der Waals surface area contributed by atoms with Crippen molar-refractivity contribution in [3.8, 4) is 0 Å². The smallest absolute Gasteiger partial charge is 0.265 e. The molecule has 0 aliphatic heterocycles. The van der Waals surface area contributed by atoms with Crippen LogP contribution in [0.15, 0.2) is 17.3 Å². The number of H-pyrrole nitrogens is 1. The summed E-state index contributed by atoms with van der Waals surface area (Å²) in [4.78, 5) is 0.145. The van der Waals surface area contributed by atoms with E-state index in [0.717, 1.165) is 13.0 Å². The molecular weight excluding hydrogens is 292 g/mol. The Morgan fingerprint density at radius 3 is 2.76 bits per heavy atom. The van der Waals surface area contributed by atoms with Crippen molar-refractivity contribution in [2.75, 3.05) is 18.3 Å². The van der Waals surface area contributed by atoms with E-state index in [9.17, 15) is 8.42 Å². The summed E-state index contributed by atoms with van der Waals surface area (Å²) in [5.41, 5.74) is 1.77. The molecule has 8 nitrogen and oxygen atoms in total. The maximum absolute atomic E-state index is 12.3. The number of hydrogen-bond acceptors (Lipinski definition) is 5. The van der Waals surface area contributed by atoms with Gasteiger partial charge in [-0.3, -0.25) is 14.5 Å². The van der Waals surface area contributed by atoms with Crippen LogP contribution in [0.4, 0.5) is 5.69 Å². The highest BCUT2D eigenvalue weighted by Gasteiger charge is 2.19. The van der Waals surface area contributed by atoms with Gasteiger partial charge in [0.1, 0.15) is 4.90 Å². The first-order chi connectivity index (χ1) is 9.94. The first-order valence-electron chi connectivity index (χ1n) is 6.65. The van der Waals surface area contributed by atoms with E-state index in [0.29, 0.717) is 23.6 Å². The van der Waals surface area contributed by atoms with E-state index in [1.807, 2.05) is 7.05 Å². The summed E-state index contributed by atoms with van der Waals surface area (Å²) in [6, 6.07) is 0. The summed E-state index contributed by atoms with van der Waals surface area (Å²) >= 11 is 0. The minimum Gasteiger partial charge on any atom is -0.320 e. The Morgan fingerprint density at radius 2 is 2.14 bits per heavy atom. The van der Waals surface area contributed by atoms with Gasteiger partial charge in [0.15, 0.2) is 0 Å². The van der Waals surface area contributed by atoms with Gasteiger partial charge in [-0.25, -0.2) is 8.42 Å². The van der Waals surface area contributed by atoms with Crippen LogP contribution in [0.5, 0.6) is 0 Å². The molecule has 2 rings (SSSR count). The van der Waals surface area contributed by atoms with Crippen molar-refractivity contribution in [1.29, 1.82) is 0 Å². The average molecular weight is 312 g/mol. The number of rotatable bonds is 7. The van der Waals surface area contributed by atoms with E-state index in [4.69, 9.17) is 0 Å². The standard InChI is InChI=1S/C12H20N6O2S/c1-9-12(10(2)16-15-9)17-21(19,20)11-7-14-18(8-11)6-4-5-13-3/h7-8,13,17H,4-6H2,1-3H3,(H,15,16). The van der Waals surface area contributed by atoms with E-state index in [-0.39, 0.29) is 4.90 Å². The summed E-state index contributed by atoms with van der Waals surface area (Å²) in [7, 11) is -1.77. The van der Waals surface area contributed by atoms with Crippen LogP contribution < -0.4 is 10.0 Å². The zero-order valence-electron chi connectivity index (χ0n) is 12.3. The minimum atomic E-state index is -3.65. The molecule has 0 spiro atoms. The van der Waals surface area contributed by atoms with Gasteiger partial charge in [-0.15, -0.1) is 0 Å². The maximum atomic E-state index is 12.3. The van der Waals surface area contributed by atoms with Crippen LogP contribution in [-0.4, -0.2) is 42.0 Å². The first-order valence-corrected chi connectivity index (χ1v) is 8.14. The van der Waals surface area contributed by atoms with Crippen LogP contribution in [-0.2, 0) is 16.6 Å². The molecule has 0 fully saturated rings. The lowest BCUT2D eigenvalue weighted by Crippen LogP contribution is -2.13. The van der Waals surface area contributed by atoms with Gasteiger partial charge >= 0.3 is 0 Å². The van der Waals surface area contributed by atoms with Crippen LogP contribution >= 0.6 is 0 Å². The molecule has 2 heterocycles. The van der Waals surface area contributed by atoms with Gasteiger partial charge in [0.25, 0.3) is 10.0 Å². The summed E-state index contributed by atoms with van der Waals surface area (Å²) in [6.07, 6.45) is 3.76. The van der Waals surface area contributed by atoms with Crippen molar-refractivity contribution in [2.45, 2.75) is 31.7 Å². The second kappa shape index (κ2) is 6.27. The third kappa shape index (κ3) is 3.61. The predicted molar refractivity (Wildman–Crippen MR) is 79.6 cm³/mol. The molecule has 0 saturated carbocycles. The first kappa shape index (κ1) is 15.5. The molecule has 3 N–H and O–H groups in total. The Labute approximate surface area is 124 Å². The van der Waals surface area contributed by atoms with Crippen molar-refractivity contribution >= 4 is 15.7 Å². The van der Waals surface area contributed by atoms with E-state index >= 15 is 0 Å². The quantitative estimate of drug-likeness (QED) is 0.651. The highest BCUT2D eigenvalue weighted by molar-refractivity contribution is 7.92. The lowest BCUT2D eigenvalue weighted by Gasteiger charge is -2.06. The van der Waals surface area contributed by atoms with Crippen LogP contribution in [0, 0.1) is 13.8 Å². The molecule has 0 amide bonds. The lowest BCUT2D eigenvalue weighted by atomic mass is 10.3. The zero-order valence-corrected chi connectivity index (χ0v) is 13.2. The van der Waals surface area contributed by atoms with Crippen molar-refractivity contribution in [3.05, 3.63) is 23.8 Å². The van der Waals surface area contributed by atoms with Crippen molar-refractivity contribution < 1.29 is 8.42 Å². The summed E-state index contributed by atoms with van der Waals surface area (Å²) in [5, 5.41) is 13.8. The molecule has 0 aliphatic rings. The Hall–Kier alpha value is -1.87. The molecule has 0 aromatic carbocycles. The van der Waals surface area contributed by atoms with Gasteiger partial charge < -0.3 is 5.32 Å². The largest absolute Gasteiger partial charge is 0.320 e. The van der Waals surface area contributed by atoms with Crippen LogP contribution in [0.3, 0.4) is 0 Å². The van der Waals surface area contributed by atoms with E-state index in [1.54, 1.807) is 18.5 Å². The molecule has 2 aromatic heterocycles. The number of hydrogen-bond donors (Lipinski definition) is 3. The number of aromatic nitrogens is 4. The predicted octanol–water partition coefficient (Wildman–Crippen LogP) is 0.633. The molecule has 0 atom stereocenters. The fourth-order valence-corrected chi connectivity index (χ4v) is 3.05. The zero-order chi connectivity index (χ0) is 15.5. The van der Waals surface area contributed by atoms with E-state index in [1.165, 1.54) is 12.4 Å². The topological polar surface area (TPSA) is 105 Å². The van der Waals surface area contributed by atoms with Gasteiger partial charge in [-0.1, -0.05) is 0 Å². The van der Waals surface area contributed by atoms with Crippen LogP contribution in [0.2, 0.25) is 0 Å². The monoisotopic (exact) mass is 312 g/mol. The molecule has 0 unspecified atom stereocenters. The summed E-state index contributed by atoms with van der Waals surface area (Å²) in [5.74, 6) is 0. The van der Waals surface area contributed by atoms with Crippen LogP contribution in [0.1, 0.15) is 17.8 Å². The number of aromatic amines is 1. The molecule has 0 saturated heterocycles. The molecule has 9 heteroatoms. The van der Waals surface area contributed by atoms with E-state index in [2.05, 4.69) is 25.3 Å². The third-order valence-electron chi connectivity index (χ3n) is 3.10. The van der Waals surface area contributed by atoms with Crippen molar-refractivity contribution in [1.82, 2.24) is 25.3 Å². The molecule has 21 heavy (non-hydrogen) atoms. The maximum Gasteiger partial charge on any atom is 0.265 e. The van der Waals surface area contributed by atoms with Gasteiger partial charge in [-0.2, -0.15) is 10.2 Å². The number of aryl methyl sites for hydroxylation is 3.